The summed E-state index contributed by atoms with van der Waals surface area (Å²) in [6, 6.07) is 8.47. The highest BCUT2D eigenvalue weighted by Crippen LogP contribution is 2.32. The van der Waals surface area contributed by atoms with Crippen molar-refractivity contribution in [1.82, 2.24) is 14.1 Å². The highest BCUT2D eigenvalue weighted by molar-refractivity contribution is 7.89. The van der Waals surface area contributed by atoms with Crippen LogP contribution < -0.4 is 0 Å². The van der Waals surface area contributed by atoms with Crippen LogP contribution in [0.25, 0.3) is 0 Å². The minimum atomic E-state index is -3.54. The van der Waals surface area contributed by atoms with Crippen LogP contribution in [0.5, 0.6) is 0 Å². The monoisotopic (exact) mass is 411 g/mol. The largest absolute Gasteiger partial charge is 0.481 e. The number of carboxylic acid groups (broad SMARTS) is 1. The summed E-state index contributed by atoms with van der Waals surface area (Å²) >= 11 is 0. The molecule has 158 valence electrons. The topological polar surface area (TPSA) is 81.2 Å². The number of benzene rings is 1. The van der Waals surface area contributed by atoms with Crippen molar-refractivity contribution in [3.8, 4) is 0 Å². The van der Waals surface area contributed by atoms with Crippen molar-refractivity contribution in [3.63, 3.8) is 0 Å². The number of sulfonamides is 1. The molecule has 0 saturated carbocycles. The van der Waals surface area contributed by atoms with Gasteiger partial charge in [0.2, 0.25) is 10.0 Å². The second-order valence-electron chi connectivity index (χ2n) is 7.98. The van der Waals surface area contributed by atoms with E-state index in [1.165, 1.54) is 4.31 Å². The lowest BCUT2D eigenvalue weighted by atomic mass is 9.82. The molecule has 0 spiro atoms. The summed E-state index contributed by atoms with van der Waals surface area (Å²) < 4.78 is 27.5. The fraction of sp³-hybridized carbons (Fsp3) is 0.650. The third kappa shape index (κ3) is 6.55. The number of carboxylic acids is 1. The zero-order chi connectivity index (χ0) is 20.7. The lowest BCUT2D eigenvalue weighted by Crippen LogP contribution is -2.45. The molecule has 0 aliphatic carbocycles. The SMILES string of the molecule is CN(C)CCN(C)CC[C@@H]1CN(S(=O)(=O)c2ccccc2)CC[C@H]1CC(=O)O. The maximum absolute atomic E-state index is 13.0. The molecule has 0 unspecified atom stereocenters. The first-order chi connectivity index (χ1) is 13.2. The molecule has 0 bridgehead atoms. The Hall–Kier alpha value is -1.48. The van der Waals surface area contributed by atoms with Crippen LogP contribution >= 0.6 is 0 Å². The van der Waals surface area contributed by atoms with Crippen LogP contribution in [0.4, 0.5) is 0 Å². The first-order valence-electron chi connectivity index (χ1n) is 9.80. The van der Waals surface area contributed by atoms with E-state index in [0.29, 0.717) is 24.4 Å². The van der Waals surface area contributed by atoms with Crippen molar-refractivity contribution in [3.05, 3.63) is 30.3 Å². The third-order valence-corrected chi connectivity index (χ3v) is 7.36. The second kappa shape index (κ2) is 10.3. The van der Waals surface area contributed by atoms with Crippen molar-refractivity contribution in [1.29, 1.82) is 0 Å². The lowest BCUT2D eigenvalue weighted by Gasteiger charge is -2.38. The number of piperidine rings is 1. The van der Waals surface area contributed by atoms with E-state index in [1.54, 1.807) is 30.3 Å². The van der Waals surface area contributed by atoms with Gasteiger partial charge >= 0.3 is 5.97 Å². The van der Waals surface area contributed by atoms with Crippen LogP contribution in [-0.4, -0.2) is 87.5 Å². The van der Waals surface area contributed by atoms with Gasteiger partial charge in [0, 0.05) is 32.6 Å². The molecule has 7 nitrogen and oxygen atoms in total. The summed E-state index contributed by atoms with van der Waals surface area (Å²) in [6.07, 6.45) is 1.48. The molecule has 1 aromatic carbocycles. The van der Waals surface area contributed by atoms with Crippen molar-refractivity contribution in [2.75, 3.05) is 53.9 Å². The zero-order valence-electron chi connectivity index (χ0n) is 17.1. The van der Waals surface area contributed by atoms with E-state index in [4.69, 9.17) is 0 Å². The van der Waals surface area contributed by atoms with E-state index in [2.05, 4.69) is 16.8 Å². The van der Waals surface area contributed by atoms with Crippen LogP contribution in [0, 0.1) is 11.8 Å². The van der Waals surface area contributed by atoms with Crippen LogP contribution in [0.2, 0.25) is 0 Å². The molecule has 1 N–H and O–H groups in total. The quantitative estimate of drug-likeness (QED) is 0.631. The fourth-order valence-electron chi connectivity index (χ4n) is 3.70. The van der Waals surface area contributed by atoms with Crippen LogP contribution in [0.15, 0.2) is 35.2 Å². The molecule has 1 fully saturated rings. The zero-order valence-corrected chi connectivity index (χ0v) is 17.9. The Morgan fingerprint density at radius 3 is 2.39 bits per heavy atom. The van der Waals surface area contributed by atoms with Gasteiger partial charge in [-0.05, 0) is 64.5 Å². The van der Waals surface area contributed by atoms with E-state index >= 15 is 0 Å². The number of hydrogen-bond acceptors (Lipinski definition) is 5. The van der Waals surface area contributed by atoms with Gasteiger partial charge in [-0.2, -0.15) is 4.31 Å². The van der Waals surface area contributed by atoms with Gasteiger partial charge in [-0.25, -0.2) is 8.42 Å². The van der Waals surface area contributed by atoms with Gasteiger partial charge in [0.05, 0.1) is 4.90 Å². The Kier molecular flexibility index (Phi) is 8.42. The Bertz CT molecular complexity index is 724. The summed E-state index contributed by atoms with van der Waals surface area (Å²) in [5.41, 5.74) is 0. The molecule has 1 saturated heterocycles. The van der Waals surface area contributed by atoms with E-state index in [1.807, 2.05) is 14.1 Å². The van der Waals surface area contributed by atoms with Gasteiger partial charge in [0.25, 0.3) is 0 Å². The third-order valence-electron chi connectivity index (χ3n) is 5.48. The minimum Gasteiger partial charge on any atom is -0.481 e. The summed E-state index contributed by atoms with van der Waals surface area (Å²) in [6.45, 7) is 3.47. The van der Waals surface area contributed by atoms with Crippen molar-refractivity contribution < 1.29 is 18.3 Å². The smallest absolute Gasteiger partial charge is 0.303 e. The molecule has 1 aromatic rings. The average Bonchev–Trinajstić information content (AvgIpc) is 2.65. The van der Waals surface area contributed by atoms with Gasteiger partial charge in [0.15, 0.2) is 0 Å². The van der Waals surface area contributed by atoms with Gasteiger partial charge in [-0.1, -0.05) is 18.2 Å². The maximum atomic E-state index is 13.0. The number of rotatable bonds is 10. The van der Waals surface area contributed by atoms with Crippen molar-refractivity contribution >= 4 is 16.0 Å². The highest BCUT2D eigenvalue weighted by Gasteiger charge is 2.36. The molecule has 1 aliphatic rings. The molecule has 0 radical (unpaired) electrons. The Morgan fingerprint density at radius 2 is 1.79 bits per heavy atom. The molecule has 28 heavy (non-hydrogen) atoms. The second-order valence-corrected chi connectivity index (χ2v) is 9.92. The summed E-state index contributed by atoms with van der Waals surface area (Å²) in [7, 11) is 2.58. The molecule has 1 aliphatic heterocycles. The molecule has 0 amide bonds. The predicted octanol–water partition coefficient (Wildman–Crippen LogP) is 1.67. The van der Waals surface area contributed by atoms with Crippen molar-refractivity contribution in [2.24, 2.45) is 11.8 Å². The van der Waals surface area contributed by atoms with E-state index < -0.39 is 16.0 Å². The Labute approximate surface area is 169 Å². The first-order valence-corrected chi connectivity index (χ1v) is 11.2. The highest BCUT2D eigenvalue weighted by atomic mass is 32.2. The van der Waals surface area contributed by atoms with Gasteiger partial charge in [0.1, 0.15) is 0 Å². The molecule has 1 heterocycles. The van der Waals surface area contributed by atoms with Crippen LogP contribution in [0.3, 0.4) is 0 Å². The van der Waals surface area contributed by atoms with E-state index in [9.17, 15) is 18.3 Å². The molecular formula is C20H33N3O4S. The lowest BCUT2D eigenvalue weighted by molar-refractivity contribution is -0.139. The van der Waals surface area contributed by atoms with Crippen LogP contribution in [0.1, 0.15) is 19.3 Å². The number of aliphatic carboxylic acids is 1. The van der Waals surface area contributed by atoms with E-state index in [-0.39, 0.29) is 18.3 Å². The number of likely N-dealkylation sites (N-methyl/N-ethyl adjacent to an activating group) is 2. The van der Waals surface area contributed by atoms with Crippen LogP contribution in [-0.2, 0) is 14.8 Å². The summed E-state index contributed by atoms with van der Waals surface area (Å²) in [4.78, 5) is 15.9. The standard InChI is InChI=1S/C20H33N3O4S/c1-21(2)13-14-22(3)11-9-18-16-23(12-10-17(18)15-20(24)25)28(26,27)19-7-5-4-6-8-19/h4-8,17-18H,9-16H2,1-3H3,(H,24,25)/t17-,18+/m0/s1. The predicted molar refractivity (Wildman–Crippen MR) is 110 cm³/mol. The molecule has 2 atom stereocenters. The molecule has 8 heteroatoms. The fourth-order valence-corrected chi connectivity index (χ4v) is 5.23. The molecule has 2 rings (SSSR count). The van der Waals surface area contributed by atoms with Gasteiger partial charge in [-0.15, -0.1) is 0 Å². The average molecular weight is 412 g/mol. The minimum absolute atomic E-state index is 0.0157. The summed E-state index contributed by atoms with van der Waals surface area (Å²) in [5.74, 6) is -0.748. The van der Waals surface area contributed by atoms with Gasteiger partial charge in [-0.3, -0.25) is 4.79 Å². The number of nitrogens with zero attached hydrogens (tertiary/aromatic N) is 3. The first kappa shape index (κ1) is 22.8. The Balaban J connectivity index is 2.06. The molecule has 0 aromatic heterocycles. The summed E-state index contributed by atoms with van der Waals surface area (Å²) in [5, 5.41) is 9.26. The van der Waals surface area contributed by atoms with Gasteiger partial charge < -0.3 is 14.9 Å². The normalized spacial score (nSPS) is 21.3. The maximum Gasteiger partial charge on any atom is 0.303 e. The Morgan fingerprint density at radius 1 is 1.11 bits per heavy atom. The van der Waals surface area contributed by atoms with Crippen molar-refractivity contribution in [2.45, 2.75) is 24.2 Å². The van der Waals surface area contributed by atoms with E-state index in [0.717, 1.165) is 26.1 Å². The number of hydrogen-bond donors (Lipinski definition) is 1. The number of carbonyl (C=O) groups is 1. The molecular weight excluding hydrogens is 378 g/mol.